The third-order valence-corrected chi connectivity index (χ3v) is 3.04. The lowest BCUT2D eigenvalue weighted by atomic mass is 10.0. The van der Waals surface area contributed by atoms with Crippen molar-refractivity contribution < 1.29 is 10.0 Å². The summed E-state index contributed by atoms with van der Waals surface area (Å²) < 4.78 is 1.66. The average molecular weight is 256 g/mol. The van der Waals surface area contributed by atoms with E-state index in [0.717, 1.165) is 0 Å². The third-order valence-electron chi connectivity index (χ3n) is 3.04. The molecule has 1 heterocycles. The molecular formula is C11H20N4O3. The van der Waals surface area contributed by atoms with E-state index in [0.29, 0.717) is 18.1 Å². The van der Waals surface area contributed by atoms with Gasteiger partial charge in [-0.2, -0.15) is 0 Å². The highest BCUT2D eigenvalue weighted by molar-refractivity contribution is 5.54. The van der Waals surface area contributed by atoms with Crippen LogP contribution in [0.2, 0.25) is 0 Å². The van der Waals surface area contributed by atoms with E-state index >= 15 is 0 Å². The van der Waals surface area contributed by atoms with Crippen LogP contribution in [0, 0.1) is 23.0 Å². The second-order valence-electron chi connectivity index (χ2n) is 4.65. The zero-order valence-corrected chi connectivity index (χ0v) is 11.2. The summed E-state index contributed by atoms with van der Waals surface area (Å²) in [4.78, 5) is 14.4. The molecule has 102 valence electrons. The Bertz CT molecular complexity index is 428. The van der Waals surface area contributed by atoms with Crippen LogP contribution in [0.3, 0.4) is 0 Å². The Morgan fingerprint density at radius 2 is 2.17 bits per heavy atom. The van der Waals surface area contributed by atoms with Crippen LogP contribution in [0.5, 0.6) is 0 Å². The van der Waals surface area contributed by atoms with Crippen molar-refractivity contribution in [1.82, 2.24) is 9.55 Å². The summed E-state index contributed by atoms with van der Waals surface area (Å²) in [5.74, 6) is 1.06. The molecule has 1 rings (SSSR count). The fourth-order valence-corrected chi connectivity index (χ4v) is 1.77. The van der Waals surface area contributed by atoms with E-state index in [1.54, 1.807) is 18.5 Å². The van der Waals surface area contributed by atoms with Crippen LogP contribution in [0.25, 0.3) is 0 Å². The fourth-order valence-electron chi connectivity index (χ4n) is 1.77. The standard InChI is InChI=1S/C11H20N4O3/c1-7(2)9(5-6-16)13-10-11(15(17)18)12-8(3)14(10)4/h7,9,13,16H,5-6H2,1-4H3. The summed E-state index contributed by atoms with van der Waals surface area (Å²) in [6.45, 7) is 5.76. The lowest BCUT2D eigenvalue weighted by molar-refractivity contribution is -0.388. The average Bonchev–Trinajstić information content (AvgIpc) is 2.56. The first-order chi connectivity index (χ1) is 8.38. The molecule has 0 bridgehead atoms. The number of hydrogen-bond donors (Lipinski definition) is 2. The van der Waals surface area contributed by atoms with Gasteiger partial charge in [0, 0.05) is 26.6 Å². The summed E-state index contributed by atoms with van der Waals surface area (Å²) in [6, 6.07) is -0.0245. The maximum Gasteiger partial charge on any atom is 0.406 e. The summed E-state index contributed by atoms with van der Waals surface area (Å²) in [7, 11) is 1.73. The van der Waals surface area contributed by atoms with Crippen molar-refractivity contribution in [1.29, 1.82) is 0 Å². The number of nitrogens with one attached hydrogen (secondary N) is 1. The van der Waals surface area contributed by atoms with Crippen molar-refractivity contribution in [3.63, 3.8) is 0 Å². The molecule has 1 aromatic rings. The van der Waals surface area contributed by atoms with Crippen LogP contribution in [0.4, 0.5) is 11.6 Å². The van der Waals surface area contributed by atoms with Crippen molar-refractivity contribution in [3.8, 4) is 0 Å². The first-order valence-corrected chi connectivity index (χ1v) is 5.93. The third kappa shape index (κ3) is 2.98. The minimum absolute atomic E-state index is 0.0245. The Balaban J connectivity index is 3.04. The molecule has 1 atom stereocenters. The van der Waals surface area contributed by atoms with Gasteiger partial charge in [-0.15, -0.1) is 0 Å². The van der Waals surface area contributed by atoms with Crippen LogP contribution in [0.15, 0.2) is 0 Å². The number of rotatable bonds is 6. The molecule has 0 aliphatic heterocycles. The fraction of sp³-hybridized carbons (Fsp3) is 0.727. The number of anilines is 1. The molecule has 2 N–H and O–H groups in total. The Kier molecular flexibility index (Phi) is 4.66. The molecule has 0 spiro atoms. The molecule has 7 nitrogen and oxygen atoms in total. The minimum atomic E-state index is -0.494. The molecule has 1 unspecified atom stereocenters. The monoisotopic (exact) mass is 256 g/mol. The van der Waals surface area contributed by atoms with Gasteiger partial charge in [0.05, 0.1) is 0 Å². The molecule has 0 aromatic carbocycles. The zero-order chi connectivity index (χ0) is 13.9. The smallest absolute Gasteiger partial charge is 0.396 e. The topological polar surface area (TPSA) is 93.2 Å². The molecule has 0 aliphatic rings. The highest BCUT2D eigenvalue weighted by Gasteiger charge is 2.26. The molecule has 0 aliphatic carbocycles. The maximum absolute atomic E-state index is 10.9. The van der Waals surface area contributed by atoms with Crippen LogP contribution >= 0.6 is 0 Å². The van der Waals surface area contributed by atoms with Gasteiger partial charge in [0.25, 0.3) is 0 Å². The van der Waals surface area contributed by atoms with E-state index in [-0.39, 0.29) is 24.4 Å². The summed E-state index contributed by atoms with van der Waals surface area (Å²) in [6.07, 6.45) is 0.541. The lowest BCUT2D eigenvalue weighted by Crippen LogP contribution is -2.28. The largest absolute Gasteiger partial charge is 0.406 e. The molecule has 0 radical (unpaired) electrons. The number of hydrogen-bond acceptors (Lipinski definition) is 5. The van der Waals surface area contributed by atoms with Crippen LogP contribution in [-0.2, 0) is 7.05 Å². The zero-order valence-electron chi connectivity index (χ0n) is 11.2. The molecule has 18 heavy (non-hydrogen) atoms. The van der Waals surface area contributed by atoms with Crippen molar-refractivity contribution in [2.45, 2.75) is 33.2 Å². The Hall–Kier alpha value is -1.63. The van der Waals surface area contributed by atoms with Crippen LogP contribution < -0.4 is 5.32 Å². The Morgan fingerprint density at radius 3 is 2.61 bits per heavy atom. The number of nitrogens with zero attached hydrogens (tertiary/aromatic N) is 3. The Morgan fingerprint density at radius 1 is 1.56 bits per heavy atom. The second-order valence-corrected chi connectivity index (χ2v) is 4.65. The first-order valence-electron chi connectivity index (χ1n) is 5.93. The van der Waals surface area contributed by atoms with Gasteiger partial charge in [-0.3, -0.25) is 4.57 Å². The van der Waals surface area contributed by atoms with Crippen LogP contribution in [0.1, 0.15) is 26.1 Å². The molecule has 0 saturated heterocycles. The van der Waals surface area contributed by atoms with E-state index < -0.39 is 4.92 Å². The number of aliphatic hydroxyl groups is 1. The van der Waals surface area contributed by atoms with Crippen LogP contribution in [-0.4, -0.2) is 32.2 Å². The molecule has 0 amide bonds. The second kappa shape index (κ2) is 5.81. The highest BCUT2D eigenvalue weighted by atomic mass is 16.6. The SMILES string of the molecule is Cc1nc([N+](=O)[O-])c(NC(CCO)C(C)C)n1C. The van der Waals surface area contributed by atoms with Crippen molar-refractivity contribution in [2.24, 2.45) is 13.0 Å². The quantitative estimate of drug-likeness (QED) is 0.593. The molecule has 0 saturated carbocycles. The maximum atomic E-state index is 10.9. The number of aryl methyl sites for hydroxylation is 1. The summed E-state index contributed by atoms with van der Waals surface area (Å²) in [5, 5.41) is 23.1. The van der Waals surface area contributed by atoms with Crippen molar-refractivity contribution >= 4 is 11.6 Å². The van der Waals surface area contributed by atoms with E-state index in [1.165, 1.54) is 0 Å². The normalized spacial score (nSPS) is 12.8. The number of imidazole rings is 1. The number of aromatic nitrogens is 2. The summed E-state index contributed by atoms with van der Waals surface area (Å²) >= 11 is 0. The van der Waals surface area contributed by atoms with Gasteiger partial charge < -0.3 is 20.5 Å². The number of aliphatic hydroxyl groups excluding tert-OH is 1. The van der Waals surface area contributed by atoms with E-state index in [9.17, 15) is 10.1 Å². The van der Waals surface area contributed by atoms with Crippen molar-refractivity contribution in [3.05, 3.63) is 15.9 Å². The highest BCUT2D eigenvalue weighted by Crippen LogP contribution is 2.26. The molecule has 7 heteroatoms. The van der Waals surface area contributed by atoms with Gasteiger partial charge in [0.2, 0.25) is 11.6 Å². The Labute approximate surface area is 106 Å². The first kappa shape index (κ1) is 14.4. The predicted octanol–water partition coefficient (Wildman–Crippen LogP) is 1.46. The van der Waals surface area contributed by atoms with E-state index in [4.69, 9.17) is 5.11 Å². The number of nitro groups is 1. The van der Waals surface area contributed by atoms with Gasteiger partial charge in [-0.25, -0.2) is 0 Å². The van der Waals surface area contributed by atoms with E-state index in [1.807, 2.05) is 13.8 Å². The predicted molar refractivity (Wildman–Crippen MR) is 68.6 cm³/mol. The van der Waals surface area contributed by atoms with Crippen molar-refractivity contribution in [2.75, 3.05) is 11.9 Å². The van der Waals surface area contributed by atoms with Gasteiger partial charge in [0.15, 0.2) is 0 Å². The molecule has 1 aromatic heterocycles. The van der Waals surface area contributed by atoms with Gasteiger partial charge in [0.1, 0.15) is 0 Å². The van der Waals surface area contributed by atoms with Gasteiger partial charge >= 0.3 is 5.82 Å². The van der Waals surface area contributed by atoms with Gasteiger partial charge in [-0.05, 0) is 22.2 Å². The molecule has 0 fully saturated rings. The molecular weight excluding hydrogens is 236 g/mol. The lowest BCUT2D eigenvalue weighted by Gasteiger charge is -2.22. The van der Waals surface area contributed by atoms with E-state index in [2.05, 4.69) is 10.3 Å². The van der Waals surface area contributed by atoms with Gasteiger partial charge in [-0.1, -0.05) is 13.8 Å². The summed E-state index contributed by atoms with van der Waals surface area (Å²) in [5.41, 5.74) is 0. The minimum Gasteiger partial charge on any atom is -0.396 e.